The lowest BCUT2D eigenvalue weighted by Crippen LogP contribution is -2.16. The lowest BCUT2D eigenvalue weighted by molar-refractivity contribution is -0.113. The molecule has 1 amide bonds. The van der Waals surface area contributed by atoms with Crippen LogP contribution in [0.25, 0.3) is 11.4 Å². The van der Waals surface area contributed by atoms with Gasteiger partial charge in [-0.1, -0.05) is 11.8 Å². The number of aromatic nitrogens is 3. The van der Waals surface area contributed by atoms with Gasteiger partial charge in [0.1, 0.15) is 0 Å². The summed E-state index contributed by atoms with van der Waals surface area (Å²) >= 11 is 2.85. The third-order valence-electron chi connectivity index (χ3n) is 4.21. The van der Waals surface area contributed by atoms with Crippen LogP contribution in [0.2, 0.25) is 0 Å². The van der Waals surface area contributed by atoms with Gasteiger partial charge in [-0.05, 0) is 31.2 Å². The van der Waals surface area contributed by atoms with E-state index in [1.165, 1.54) is 49.1 Å². The number of esters is 2. The van der Waals surface area contributed by atoms with Gasteiger partial charge in [0.25, 0.3) is 0 Å². The molecule has 0 aliphatic carbocycles. The zero-order valence-electron chi connectivity index (χ0n) is 17.3. The second-order valence-corrected chi connectivity index (χ2v) is 8.49. The van der Waals surface area contributed by atoms with E-state index < -0.39 is 11.9 Å². The summed E-state index contributed by atoms with van der Waals surface area (Å²) in [6.45, 7) is 2.02. The highest BCUT2D eigenvalue weighted by Gasteiger charge is 2.17. The molecule has 1 N–H and O–H groups in total. The van der Waals surface area contributed by atoms with Crippen molar-refractivity contribution in [3.8, 4) is 11.4 Å². The van der Waals surface area contributed by atoms with E-state index in [2.05, 4.69) is 15.5 Å². The van der Waals surface area contributed by atoms with Crippen molar-refractivity contribution in [3.63, 3.8) is 0 Å². The molecule has 162 valence electrons. The number of hydrogen-bond acceptors (Lipinski definition) is 9. The van der Waals surface area contributed by atoms with Crippen LogP contribution in [0.4, 0.5) is 5.69 Å². The standard InChI is InChI=1S/C20H20N4O5S2/c1-11-5-14(9-30-11)17-22-23-20(24(17)2)31-10-16(25)21-15-7-12(18(26)28-3)6-13(8-15)19(27)29-4/h5-9H,10H2,1-4H3,(H,21,25). The Labute approximate surface area is 186 Å². The minimum atomic E-state index is -0.633. The molecule has 0 saturated carbocycles. The van der Waals surface area contributed by atoms with Gasteiger partial charge in [0, 0.05) is 28.6 Å². The highest BCUT2D eigenvalue weighted by molar-refractivity contribution is 7.99. The zero-order valence-corrected chi connectivity index (χ0v) is 18.9. The van der Waals surface area contributed by atoms with Crippen LogP contribution < -0.4 is 5.32 Å². The third kappa shape index (κ3) is 5.30. The number of carbonyl (C=O) groups excluding carboxylic acids is 3. The van der Waals surface area contributed by atoms with E-state index in [1.54, 1.807) is 11.3 Å². The first-order chi connectivity index (χ1) is 14.8. The number of thiophene rings is 1. The summed E-state index contributed by atoms with van der Waals surface area (Å²) in [5.41, 5.74) is 1.50. The zero-order chi connectivity index (χ0) is 22.5. The fourth-order valence-corrected chi connectivity index (χ4v) is 4.14. The maximum atomic E-state index is 12.5. The molecule has 0 spiro atoms. The van der Waals surface area contributed by atoms with Crippen molar-refractivity contribution in [1.82, 2.24) is 14.8 Å². The van der Waals surface area contributed by atoms with E-state index in [9.17, 15) is 14.4 Å². The first-order valence-electron chi connectivity index (χ1n) is 9.01. The van der Waals surface area contributed by atoms with Gasteiger partial charge in [-0.15, -0.1) is 21.5 Å². The van der Waals surface area contributed by atoms with Gasteiger partial charge in [0.05, 0.1) is 31.1 Å². The number of amides is 1. The predicted molar refractivity (Wildman–Crippen MR) is 118 cm³/mol. The molecule has 0 fully saturated rings. The van der Waals surface area contributed by atoms with E-state index in [-0.39, 0.29) is 28.5 Å². The molecular weight excluding hydrogens is 440 g/mol. The van der Waals surface area contributed by atoms with Gasteiger partial charge in [0.15, 0.2) is 11.0 Å². The molecule has 0 saturated heterocycles. The Morgan fingerprint density at radius 3 is 2.26 bits per heavy atom. The second kappa shape index (κ2) is 9.75. The van der Waals surface area contributed by atoms with E-state index >= 15 is 0 Å². The topological polar surface area (TPSA) is 112 Å². The predicted octanol–water partition coefficient (Wildman–Crippen LogP) is 3.16. The number of methoxy groups -OCH3 is 2. The van der Waals surface area contributed by atoms with Crippen molar-refractivity contribution in [2.75, 3.05) is 25.3 Å². The number of ether oxygens (including phenoxy) is 2. The molecule has 9 nitrogen and oxygen atoms in total. The van der Waals surface area contributed by atoms with Crippen LogP contribution in [0.15, 0.2) is 34.8 Å². The average molecular weight is 461 g/mol. The number of hydrogen-bond donors (Lipinski definition) is 1. The Kier molecular flexibility index (Phi) is 7.08. The molecule has 2 aromatic heterocycles. The minimum Gasteiger partial charge on any atom is -0.465 e. The van der Waals surface area contributed by atoms with Crippen LogP contribution >= 0.6 is 23.1 Å². The monoisotopic (exact) mass is 460 g/mol. The summed E-state index contributed by atoms with van der Waals surface area (Å²) in [6.07, 6.45) is 0. The number of rotatable bonds is 7. The molecular formula is C20H20N4O5S2. The number of nitrogens with one attached hydrogen (secondary N) is 1. The van der Waals surface area contributed by atoms with Gasteiger partial charge in [-0.25, -0.2) is 9.59 Å². The molecule has 1 aromatic carbocycles. The van der Waals surface area contributed by atoms with Crippen LogP contribution in [0.5, 0.6) is 0 Å². The largest absolute Gasteiger partial charge is 0.465 e. The summed E-state index contributed by atoms with van der Waals surface area (Å²) < 4.78 is 11.2. The Morgan fingerprint density at radius 2 is 1.71 bits per heavy atom. The van der Waals surface area contributed by atoms with Gasteiger partial charge in [-0.3, -0.25) is 4.79 Å². The average Bonchev–Trinajstić information content (AvgIpc) is 3.35. The van der Waals surface area contributed by atoms with Crippen molar-refractivity contribution in [1.29, 1.82) is 0 Å². The maximum Gasteiger partial charge on any atom is 0.337 e. The summed E-state index contributed by atoms with van der Waals surface area (Å²) in [6, 6.07) is 6.23. The molecule has 0 aliphatic rings. The first kappa shape index (κ1) is 22.5. The van der Waals surface area contributed by atoms with Crippen LogP contribution in [0, 0.1) is 6.92 Å². The SMILES string of the molecule is COC(=O)c1cc(NC(=O)CSc2nnc(-c3csc(C)c3)n2C)cc(C(=O)OC)c1. The number of benzene rings is 1. The highest BCUT2D eigenvalue weighted by Crippen LogP contribution is 2.26. The van der Waals surface area contributed by atoms with E-state index in [1.807, 2.05) is 30.0 Å². The van der Waals surface area contributed by atoms with Crippen LogP contribution in [0.1, 0.15) is 25.6 Å². The van der Waals surface area contributed by atoms with Crippen molar-refractivity contribution >= 4 is 46.6 Å². The number of anilines is 1. The fraction of sp³-hybridized carbons (Fsp3) is 0.250. The van der Waals surface area contributed by atoms with Gasteiger partial charge in [-0.2, -0.15) is 0 Å². The minimum absolute atomic E-state index is 0.0602. The molecule has 3 rings (SSSR count). The second-order valence-electron chi connectivity index (χ2n) is 6.43. The number of aryl methyl sites for hydroxylation is 1. The molecule has 0 bridgehead atoms. The molecule has 0 radical (unpaired) electrons. The highest BCUT2D eigenvalue weighted by atomic mass is 32.2. The Morgan fingerprint density at radius 1 is 1.06 bits per heavy atom. The molecule has 0 unspecified atom stereocenters. The van der Waals surface area contributed by atoms with Crippen molar-refractivity contribution in [2.24, 2.45) is 7.05 Å². The van der Waals surface area contributed by atoms with Gasteiger partial charge < -0.3 is 19.4 Å². The van der Waals surface area contributed by atoms with Crippen LogP contribution in [0.3, 0.4) is 0 Å². The van der Waals surface area contributed by atoms with Gasteiger partial charge >= 0.3 is 11.9 Å². The molecule has 11 heteroatoms. The summed E-state index contributed by atoms with van der Waals surface area (Å²) in [4.78, 5) is 37.4. The smallest absolute Gasteiger partial charge is 0.337 e. The summed E-state index contributed by atoms with van der Waals surface area (Å²) in [5, 5.41) is 13.6. The maximum absolute atomic E-state index is 12.5. The summed E-state index contributed by atoms with van der Waals surface area (Å²) in [7, 11) is 4.30. The van der Waals surface area contributed by atoms with Crippen LogP contribution in [-0.2, 0) is 21.3 Å². The fourth-order valence-electron chi connectivity index (χ4n) is 2.75. The Balaban J connectivity index is 1.70. The summed E-state index contributed by atoms with van der Waals surface area (Å²) in [5.74, 6) is -0.818. The van der Waals surface area contributed by atoms with E-state index in [0.29, 0.717) is 5.16 Å². The lowest BCUT2D eigenvalue weighted by atomic mass is 10.1. The first-order valence-corrected chi connectivity index (χ1v) is 10.9. The van der Waals surface area contributed by atoms with Crippen molar-refractivity contribution in [2.45, 2.75) is 12.1 Å². The molecule has 3 aromatic rings. The molecule has 0 aliphatic heterocycles. The van der Waals surface area contributed by atoms with Crippen LogP contribution in [-0.4, -0.2) is 52.6 Å². The van der Waals surface area contributed by atoms with Crippen molar-refractivity contribution < 1.29 is 23.9 Å². The quantitative estimate of drug-likeness (QED) is 0.423. The molecule has 2 heterocycles. The van der Waals surface area contributed by atoms with Gasteiger partial charge in [0.2, 0.25) is 5.91 Å². The van der Waals surface area contributed by atoms with E-state index in [0.717, 1.165) is 11.4 Å². The Bertz CT molecular complexity index is 1100. The lowest BCUT2D eigenvalue weighted by Gasteiger charge is -2.09. The molecule has 31 heavy (non-hydrogen) atoms. The third-order valence-corrected chi connectivity index (χ3v) is 6.10. The number of thioether (sulfide) groups is 1. The van der Waals surface area contributed by atoms with Crippen molar-refractivity contribution in [3.05, 3.63) is 45.6 Å². The van der Waals surface area contributed by atoms with E-state index in [4.69, 9.17) is 9.47 Å². The number of carbonyl (C=O) groups is 3. The normalized spacial score (nSPS) is 10.6. The molecule has 0 atom stereocenters. The Hall–Kier alpha value is -3.18. The number of nitrogens with zero attached hydrogens (tertiary/aromatic N) is 3.